The second kappa shape index (κ2) is 5.52. The third kappa shape index (κ3) is 5.52. The number of rotatable bonds is 0. The zero-order valence-electron chi connectivity index (χ0n) is 3.80. The van der Waals surface area contributed by atoms with Gasteiger partial charge in [-0.1, -0.05) is 0 Å². The van der Waals surface area contributed by atoms with Crippen LogP contribution in [0, 0.1) is 0 Å². The van der Waals surface area contributed by atoms with E-state index >= 15 is 0 Å². The Morgan fingerprint density at radius 3 is 2.29 bits per heavy atom. The van der Waals surface area contributed by atoms with Gasteiger partial charge in [-0.25, -0.2) is 10.6 Å². The normalized spacial score (nSPS) is 6.00. The summed E-state index contributed by atoms with van der Waals surface area (Å²) in [4.78, 5) is 9.72. The number of ether oxygens (including phenoxy) is 1. The first-order chi connectivity index (χ1) is 2.81. The number of halogens is 1. The molecule has 0 saturated heterocycles. The topological polar surface area (TPSA) is 64.3 Å². The Kier molecular flexibility index (Phi) is 7.67. The van der Waals surface area contributed by atoms with Crippen LogP contribution in [0.5, 0.6) is 0 Å². The summed E-state index contributed by atoms with van der Waals surface area (Å²) >= 11 is 0. The monoisotopic (exact) mass is 128 g/mol. The van der Waals surface area contributed by atoms with Gasteiger partial charge in [0.25, 0.3) is 0 Å². The highest BCUT2D eigenvalue weighted by molar-refractivity contribution is 5.85. The van der Waals surface area contributed by atoms with Crippen LogP contribution in [0.15, 0.2) is 0 Å². The van der Waals surface area contributed by atoms with Crippen LogP contribution in [0.2, 0.25) is 0 Å². The molecule has 1 amide bonds. The van der Waals surface area contributed by atoms with Crippen molar-refractivity contribution >= 4 is 18.5 Å². The predicted molar refractivity (Wildman–Crippen MR) is 27.0 cm³/mol. The van der Waals surface area contributed by atoms with Crippen molar-refractivity contribution in [3.63, 3.8) is 0 Å². The minimum absolute atomic E-state index is 0. The van der Waals surface area contributed by atoms with E-state index in [0.29, 0.717) is 0 Å². The Morgan fingerprint density at radius 1 is 1.86 bits per heavy atom. The molecule has 0 aliphatic carbocycles. The van der Waals surface area contributed by atoms with Crippen molar-refractivity contribution in [3.05, 3.63) is 0 Å². The molecule has 4 nitrogen and oxygen atoms in total. The minimum atomic E-state index is -0.630. The maximum absolute atomic E-state index is 9.72. The van der Waals surface area contributed by atoms with Gasteiger partial charge in [0.2, 0.25) is 0 Å². The van der Waals surface area contributed by atoms with Gasteiger partial charge in [0, 0.05) is 0 Å². The molecule has 0 heterocycles. The van der Waals surface area contributed by atoms with Crippen molar-refractivity contribution in [2.24, 2.45) is 5.84 Å². The highest BCUT2D eigenvalue weighted by Crippen LogP contribution is 1.60. The molecule has 0 spiro atoms. The standard InChI is InChI=1S/C2H6N2O2.ClH/c1-6-2(5)4-3;/h3H2,1H3,(H,4,5);1H/i3+1,4+1;. The van der Waals surface area contributed by atoms with Crippen molar-refractivity contribution in [1.29, 1.82) is 0 Å². The molecule has 3 N–H and O–H groups in total. The summed E-state index contributed by atoms with van der Waals surface area (Å²) in [5.41, 5.74) is 1.75. The van der Waals surface area contributed by atoms with Crippen molar-refractivity contribution < 1.29 is 9.53 Å². The summed E-state index contributed by atoms with van der Waals surface area (Å²) in [5.74, 6) is 4.56. The van der Waals surface area contributed by atoms with Gasteiger partial charge in [-0.3, -0.25) is 5.43 Å². The van der Waals surface area contributed by atoms with Crippen LogP contribution >= 0.6 is 12.4 Å². The number of carbonyl (C=O) groups excluding carboxylic acids is 1. The van der Waals surface area contributed by atoms with E-state index in [2.05, 4.69) is 10.6 Å². The van der Waals surface area contributed by atoms with E-state index in [0.717, 1.165) is 0 Å². The Bertz CT molecular complexity index is 51.7. The molecule has 0 fully saturated rings. The molecule has 0 atom stereocenters. The first-order valence-corrected chi connectivity index (χ1v) is 1.36. The van der Waals surface area contributed by atoms with Crippen molar-refractivity contribution in [3.8, 4) is 0 Å². The van der Waals surface area contributed by atoms with Gasteiger partial charge in [0.05, 0.1) is 7.11 Å². The molecule has 0 unspecified atom stereocenters. The second-order valence-electron chi connectivity index (χ2n) is 0.636. The molecular weight excluding hydrogens is 121 g/mol. The van der Waals surface area contributed by atoms with Crippen LogP contribution in [-0.4, -0.2) is 13.2 Å². The molecule has 5 heteroatoms. The van der Waals surface area contributed by atoms with E-state index in [4.69, 9.17) is 0 Å². The first kappa shape index (κ1) is 9.72. The van der Waals surface area contributed by atoms with E-state index in [1.165, 1.54) is 7.11 Å². The van der Waals surface area contributed by atoms with Crippen molar-refractivity contribution in [2.45, 2.75) is 0 Å². The quantitative estimate of drug-likeness (QED) is 0.203. The maximum Gasteiger partial charge on any atom is 0.421 e. The van der Waals surface area contributed by atoms with Gasteiger partial charge in [0.1, 0.15) is 0 Å². The molecule has 0 aromatic carbocycles. The van der Waals surface area contributed by atoms with Gasteiger partial charge in [-0.2, -0.15) is 0 Å². The molecule has 0 saturated carbocycles. The number of methoxy groups -OCH3 is 1. The summed E-state index contributed by atoms with van der Waals surface area (Å²) in [6.07, 6.45) is -0.630. The molecule has 0 aromatic rings. The van der Waals surface area contributed by atoms with E-state index in [9.17, 15) is 4.79 Å². The van der Waals surface area contributed by atoms with E-state index in [1.807, 2.05) is 0 Å². The number of amides is 1. The van der Waals surface area contributed by atoms with E-state index in [1.54, 1.807) is 5.43 Å². The zero-order valence-corrected chi connectivity index (χ0v) is 4.62. The van der Waals surface area contributed by atoms with Crippen LogP contribution in [0.3, 0.4) is 0 Å². The van der Waals surface area contributed by atoms with Crippen LogP contribution in [-0.2, 0) is 4.74 Å². The molecule has 7 heavy (non-hydrogen) atoms. The second-order valence-corrected chi connectivity index (χ2v) is 0.636. The van der Waals surface area contributed by atoms with E-state index < -0.39 is 6.09 Å². The van der Waals surface area contributed by atoms with Gasteiger partial charge >= 0.3 is 6.09 Å². The summed E-state index contributed by atoms with van der Waals surface area (Å²) in [6.45, 7) is 0. The van der Waals surface area contributed by atoms with Crippen LogP contribution in [0.4, 0.5) is 4.79 Å². The lowest BCUT2D eigenvalue weighted by atomic mass is 11.3. The Morgan fingerprint density at radius 2 is 2.29 bits per heavy atom. The van der Waals surface area contributed by atoms with Gasteiger partial charge < -0.3 is 4.74 Å². The highest BCUT2D eigenvalue weighted by atomic mass is 35.5. The first-order valence-electron chi connectivity index (χ1n) is 1.36. The summed E-state index contributed by atoms with van der Waals surface area (Å²) < 4.78 is 4.02. The fourth-order valence-corrected chi connectivity index (χ4v) is 0.0589. The molecule has 0 aliphatic heterocycles. The molecule has 0 rings (SSSR count). The van der Waals surface area contributed by atoms with Crippen molar-refractivity contribution in [1.82, 2.24) is 5.43 Å². The molecular formula is C2H7ClN2O2. The Balaban J connectivity index is 0. The largest absolute Gasteiger partial charge is 0.452 e. The van der Waals surface area contributed by atoms with Crippen LogP contribution < -0.4 is 11.3 Å². The summed E-state index contributed by atoms with van der Waals surface area (Å²) in [5, 5.41) is 0. The third-order valence-electron chi connectivity index (χ3n) is 0.303. The lowest BCUT2D eigenvalue weighted by molar-refractivity contribution is 0.171. The SMILES string of the molecule is COC(=O)[15NH][15NH2].Cl. The van der Waals surface area contributed by atoms with E-state index in [-0.39, 0.29) is 12.4 Å². The minimum Gasteiger partial charge on any atom is -0.452 e. The number of nitrogens with two attached hydrogens (primary N) is 1. The third-order valence-corrected chi connectivity index (χ3v) is 0.303. The number of nitrogens with one attached hydrogen (secondary N) is 1. The lowest BCUT2D eigenvalue weighted by Gasteiger charge is -1.90. The summed E-state index contributed by atoms with van der Waals surface area (Å²) in [6, 6.07) is 0. The average Bonchev–Trinajstić information content (AvgIpc) is 1.65. The Hall–Kier alpha value is -0.480. The smallest absolute Gasteiger partial charge is 0.421 e. The number of hydrogen-bond acceptors (Lipinski definition) is 3. The van der Waals surface area contributed by atoms with Gasteiger partial charge in [-0.15, -0.1) is 12.4 Å². The van der Waals surface area contributed by atoms with Gasteiger partial charge in [0.15, 0.2) is 0 Å². The highest BCUT2D eigenvalue weighted by Gasteiger charge is 1.85. The zero-order chi connectivity index (χ0) is 4.99. The van der Waals surface area contributed by atoms with Crippen LogP contribution in [0.25, 0.3) is 0 Å². The fraction of sp³-hybridized carbons (Fsp3) is 0.500. The fourth-order valence-electron chi connectivity index (χ4n) is 0.0589. The number of hydrazine groups is 1. The molecule has 44 valence electrons. The van der Waals surface area contributed by atoms with Crippen molar-refractivity contribution in [2.75, 3.05) is 7.11 Å². The van der Waals surface area contributed by atoms with Crippen LogP contribution in [0.1, 0.15) is 0 Å². The Labute approximate surface area is 47.4 Å². The maximum atomic E-state index is 9.72. The molecule has 0 radical (unpaired) electrons. The van der Waals surface area contributed by atoms with Gasteiger partial charge in [-0.05, 0) is 0 Å². The molecule has 0 aliphatic rings. The average molecular weight is 129 g/mol. The summed E-state index contributed by atoms with van der Waals surface area (Å²) in [7, 11) is 1.24. The lowest BCUT2D eigenvalue weighted by Crippen LogP contribution is -2.29. The number of hydrogen-bond donors (Lipinski definition) is 2. The predicted octanol–water partition coefficient (Wildman–Crippen LogP) is -0.362. The molecule has 0 aromatic heterocycles. The molecule has 0 bridgehead atoms. The number of carbonyl (C=O) groups is 1.